The Kier molecular flexibility index (Phi) is 4.38. The zero-order chi connectivity index (χ0) is 14.2. The Bertz CT molecular complexity index is 586. The average Bonchev–Trinajstić information content (AvgIpc) is 2.81. The lowest BCUT2D eigenvalue weighted by Crippen LogP contribution is -2.07. The normalized spacial score (nSPS) is 13.6. The van der Waals surface area contributed by atoms with Crippen LogP contribution in [0.5, 0.6) is 0 Å². The molecule has 0 spiro atoms. The molecule has 1 aromatic carbocycles. The Labute approximate surface area is 130 Å². The topological polar surface area (TPSA) is 0 Å². The van der Waals surface area contributed by atoms with Crippen molar-refractivity contribution in [3.63, 3.8) is 0 Å². The molecule has 0 amide bonds. The number of alkyl halides is 1. The Hall–Kier alpha value is -0.380. The van der Waals surface area contributed by atoms with Crippen molar-refractivity contribution < 1.29 is 4.39 Å². The van der Waals surface area contributed by atoms with Crippen molar-refractivity contribution in [1.29, 1.82) is 0 Å². The largest absolute Gasteiger partial charge is 0.206 e. The van der Waals surface area contributed by atoms with Crippen molar-refractivity contribution in [3.8, 4) is 0 Å². The van der Waals surface area contributed by atoms with E-state index in [0.29, 0.717) is 4.47 Å². The number of benzene rings is 1. The monoisotopic (exact) mass is 360 g/mol. The highest BCUT2D eigenvalue weighted by atomic mass is 79.9. The molecule has 1 atom stereocenters. The molecule has 0 aliphatic heterocycles. The van der Waals surface area contributed by atoms with Crippen LogP contribution < -0.4 is 0 Å². The average molecular weight is 362 g/mol. The third-order valence-electron chi connectivity index (χ3n) is 2.85. The standard InChI is InChI=1S/C15H15BrClFS/c1-15(2,3)13-7-6-12(19-13)14(17)9-4-5-10(16)11(18)8-9/h4-8,14H,1-3H3. The number of halogens is 3. The predicted molar refractivity (Wildman–Crippen MR) is 84.8 cm³/mol. The van der Waals surface area contributed by atoms with Gasteiger partial charge in [-0.15, -0.1) is 22.9 Å². The summed E-state index contributed by atoms with van der Waals surface area (Å²) in [4.78, 5) is 2.33. The van der Waals surface area contributed by atoms with E-state index in [2.05, 4.69) is 42.8 Å². The third kappa shape index (κ3) is 3.39. The second-order valence-electron chi connectivity index (χ2n) is 5.49. The first-order chi connectivity index (χ1) is 8.79. The zero-order valence-corrected chi connectivity index (χ0v) is 14.2. The maximum atomic E-state index is 13.5. The second kappa shape index (κ2) is 5.55. The summed E-state index contributed by atoms with van der Waals surface area (Å²) >= 11 is 11.3. The van der Waals surface area contributed by atoms with Crippen molar-refractivity contribution in [3.05, 3.63) is 55.9 Å². The molecule has 0 aliphatic carbocycles. The maximum Gasteiger partial charge on any atom is 0.137 e. The van der Waals surface area contributed by atoms with Crippen LogP contribution in [0.15, 0.2) is 34.8 Å². The summed E-state index contributed by atoms with van der Waals surface area (Å²) < 4.78 is 14.0. The number of thiophene rings is 1. The SMILES string of the molecule is CC(C)(C)c1ccc(C(Cl)c2ccc(Br)c(F)c2)s1. The first-order valence-corrected chi connectivity index (χ1v) is 8.03. The molecule has 0 saturated carbocycles. The van der Waals surface area contributed by atoms with Gasteiger partial charge in [0.15, 0.2) is 0 Å². The Morgan fingerprint density at radius 1 is 1.21 bits per heavy atom. The summed E-state index contributed by atoms with van der Waals surface area (Å²) in [7, 11) is 0. The van der Waals surface area contributed by atoms with Gasteiger partial charge in [0.25, 0.3) is 0 Å². The predicted octanol–water partition coefficient (Wildman–Crippen LogP) is 6.28. The minimum atomic E-state index is -0.302. The molecular formula is C15H15BrClFS. The zero-order valence-electron chi connectivity index (χ0n) is 11.0. The van der Waals surface area contributed by atoms with Crippen LogP contribution in [0.3, 0.4) is 0 Å². The van der Waals surface area contributed by atoms with E-state index < -0.39 is 0 Å². The molecule has 1 aromatic heterocycles. The third-order valence-corrected chi connectivity index (χ3v) is 5.69. The molecule has 1 heterocycles. The van der Waals surface area contributed by atoms with E-state index in [0.717, 1.165) is 10.4 Å². The molecule has 102 valence electrons. The molecule has 1 unspecified atom stereocenters. The van der Waals surface area contributed by atoms with Crippen molar-refractivity contribution >= 4 is 38.9 Å². The van der Waals surface area contributed by atoms with Crippen LogP contribution in [0, 0.1) is 5.82 Å². The Morgan fingerprint density at radius 2 is 1.89 bits per heavy atom. The minimum Gasteiger partial charge on any atom is -0.206 e. The highest BCUT2D eigenvalue weighted by molar-refractivity contribution is 9.10. The first-order valence-electron chi connectivity index (χ1n) is 5.98. The molecule has 0 nitrogen and oxygen atoms in total. The highest BCUT2D eigenvalue weighted by Gasteiger charge is 2.20. The number of hydrogen-bond acceptors (Lipinski definition) is 1. The van der Waals surface area contributed by atoms with Gasteiger partial charge in [0, 0.05) is 9.75 Å². The lowest BCUT2D eigenvalue weighted by atomic mass is 9.95. The van der Waals surface area contributed by atoms with Gasteiger partial charge in [0.05, 0.1) is 9.85 Å². The summed E-state index contributed by atoms with van der Waals surface area (Å²) in [5.41, 5.74) is 0.898. The maximum absolute atomic E-state index is 13.5. The van der Waals surface area contributed by atoms with Crippen LogP contribution in [0.1, 0.15) is 41.5 Å². The highest BCUT2D eigenvalue weighted by Crippen LogP contribution is 2.38. The van der Waals surface area contributed by atoms with Gasteiger partial charge in [-0.25, -0.2) is 4.39 Å². The summed E-state index contributed by atoms with van der Waals surface area (Å²) in [6, 6.07) is 9.16. The van der Waals surface area contributed by atoms with E-state index >= 15 is 0 Å². The van der Waals surface area contributed by atoms with E-state index in [1.165, 1.54) is 10.9 Å². The van der Waals surface area contributed by atoms with Crippen LogP contribution in [0.4, 0.5) is 4.39 Å². The lowest BCUT2D eigenvalue weighted by Gasteiger charge is -2.15. The van der Waals surface area contributed by atoms with Gasteiger partial charge < -0.3 is 0 Å². The fraction of sp³-hybridized carbons (Fsp3) is 0.333. The van der Waals surface area contributed by atoms with Gasteiger partial charge in [-0.2, -0.15) is 0 Å². The lowest BCUT2D eigenvalue weighted by molar-refractivity contribution is 0.604. The Morgan fingerprint density at radius 3 is 2.42 bits per heavy atom. The molecule has 0 fully saturated rings. The van der Waals surface area contributed by atoms with Crippen molar-refractivity contribution in [1.82, 2.24) is 0 Å². The van der Waals surface area contributed by atoms with E-state index in [1.807, 2.05) is 12.1 Å². The van der Waals surface area contributed by atoms with Crippen LogP contribution in [0.25, 0.3) is 0 Å². The van der Waals surface area contributed by atoms with E-state index in [9.17, 15) is 4.39 Å². The van der Waals surface area contributed by atoms with Crippen LogP contribution in [-0.2, 0) is 5.41 Å². The Balaban J connectivity index is 2.31. The number of hydrogen-bond donors (Lipinski definition) is 0. The second-order valence-corrected chi connectivity index (χ2v) is 7.89. The molecule has 0 radical (unpaired) electrons. The van der Waals surface area contributed by atoms with Crippen LogP contribution in [-0.4, -0.2) is 0 Å². The molecule has 0 saturated heterocycles. The molecule has 0 N–H and O–H groups in total. The van der Waals surface area contributed by atoms with Crippen LogP contribution in [0.2, 0.25) is 0 Å². The molecule has 19 heavy (non-hydrogen) atoms. The van der Waals surface area contributed by atoms with Crippen molar-refractivity contribution in [2.75, 3.05) is 0 Å². The molecular weight excluding hydrogens is 347 g/mol. The minimum absolute atomic E-state index is 0.116. The van der Waals surface area contributed by atoms with E-state index in [-0.39, 0.29) is 16.6 Å². The number of rotatable bonds is 2. The quantitative estimate of drug-likeness (QED) is 0.552. The molecule has 0 aliphatic rings. The molecule has 2 rings (SSSR count). The summed E-state index contributed by atoms with van der Waals surface area (Å²) in [6.45, 7) is 6.52. The molecule has 4 heteroatoms. The van der Waals surface area contributed by atoms with Gasteiger partial charge in [0.1, 0.15) is 5.82 Å². The first kappa shape index (κ1) is 15.0. The van der Waals surface area contributed by atoms with Gasteiger partial charge in [0.2, 0.25) is 0 Å². The van der Waals surface area contributed by atoms with Crippen molar-refractivity contribution in [2.24, 2.45) is 0 Å². The molecule has 2 aromatic rings. The fourth-order valence-electron chi connectivity index (χ4n) is 1.73. The van der Waals surface area contributed by atoms with E-state index in [1.54, 1.807) is 17.4 Å². The van der Waals surface area contributed by atoms with Gasteiger partial charge in [-0.1, -0.05) is 26.8 Å². The fourth-order valence-corrected chi connectivity index (χ4v) is 3.39. The van der Waals surface area contributed by atoms with Gasteiger partial charge in [-0.05, 0) is 51.2 Å². The molecule has 0 bridgehead atoms. The van der Waals surface area contributed by atoms with Crippen LogP contribution >= 0.6 is 38.9 Å². The van der Waals surface area contributed by atoms with Gasteiger partial charge in [-0.3, -0.25) is 0 Å². The summed E-state index contributed by atoms with van der Waals surface area (Å²) in [6.07, 6.45) is 0. The van der Waals surface area contributed by atoms with Crippen molar-refractivity contribution in [2.45, 2.75) is 31.6 Å². The summed E-state index contributed by atoms with van der Waals surface area (Å²) in [5, 5.41) is -0.302. The smallest absolute Gasteiger partial charge is 0.137 e. The summed E-state index contributed by atoms with van der Waals surface area (Å²) in [5.74, 6) is -0.282. The van der Waals surface area contributed by atoms with Gasteiger partial charge >= 0.3 is 0 Å². The van der Waals surface area contributed by atoms with E-state index in [4.69, 9.17) is 11.6 Å².